The Labute approximate surface area is 260 Å². The van der Waals surface area contributed by atoms with Crippen molar-refractivity contribution >= 4 is 77.3 Å². The van der Waals surface area contributed by atoms with E-state index < -0.39 is 31.2 Å². The molecule has 12 N–H and O–H groups in total. The molecule has 144 valence electrons. The monoisotopic (exact) mass is 522 g/mol. The number of rotatable bonds is 0. The Morgan fingerprint density at radius 1 is 0.360 bits per heavy atom. The summed E-state index contributed by atoms with van der Waals surface area (Å²) in [4.78, 5) is 0. The zero-order valence-electron chi connectivity index (χ0n) is 12.5. The molecule has 0 aromatic rings. The van der Waals surface area contributed by atoms with Crippen LogP contribution in [0.1, 0.15) is 0 Å². The van der Waals surface area contributed by atoms with E-state index in [9.17, 15) is 0 Å². The molecule has 0 amide bonds. The molecule has 0 atom stereocenters. The maximum atomic E-state index is 8.52. The fourth-order valence-corrected chi connectivity index (χ4v) is 0. The maximum Gasteiger partial charge on any atom is 2.00 e. The first-order valence-corrected chi connectivity index (χ1v) is 6.00. The van der Waals surface area contributed by atoms with Gasteiger partial charge in [-0.2, -0.15) is 0 Å². The van der Waals surface area contributed by atoms with Crippen LogP contribution in [-0.4, -0.2) is 132 Å². The molecule has 0 aliphatic rings. The molecule has 0 fully saturated rings. The quantitative estimate of drug-likeness (QED) is 0.162. The van der Waals surface area contributed by atoms with Crippen LogP contribution in [0.5, 0.6) is 0 Å². The fourth-order valence-electron chi connectivity index (χ4n) is 0. The Balaban J connectivity index is -0.00000000655. The van der Waals surface area contributed by atoms with Crippen molar-refractivity contribution < 1.29 is 188 Å². The average molecular weight is 523 g/mol. The largest absolute Gasteiger partial charge is 2.00 e. The van der Waals surface area contributed by atoms with E-state index in [1.54, 1.807) is 0 Å². The van der Waals surface area contributed by atoms with Crippen LogP contribution < -0.4 is 103 Å². The molecule has 0 aliphatic carbocycles. The van der Waals surface area contributed by atoms with Crippen LogP contribution in [0.3, 0.4) is 0 Å². The summed E-state index contributed by atoms with van der Waals surface area (Å²) in [6.45, 7) is 0. The summed E-state index contributed by atoms with van der Waals surface area (Å²) >= 11 is 0. The fraction of sp³-hybridized carbons (Fsp3) is 0. The van der Waals surface area contributed by atoms with Gasteiger partial charge in [0.15, 0.2) is 0 Å². The van der Waals surface area contributed by atoms with Crippen molar-refractivity contribution in [3.05, 3.63) is 0 Å². The van der Waals surface area contributed by atoms with Gasteiger partial charge in [-0.1, -0.05) is 0 Å². The second kappa shape index (κ2) is 42.3. The molecule has 0 radical (unpaired) electrons. The molecular weight excluding hydrogens is 511 g/mol. The molecule has 18 nitrogen and oxygen atoms in total. The predicted octanol–water partition coefficient (Wildman–Crippen LogP) is -15.7. The normalized spacial score (nSPS) is 6.96. The Kier molecular flexibility index (Phi) is 150. The van der Waals surface area contributed by atoms with Crippen molar-refractivity contribution in [3.63, 3.8) is 0 Å². The van der Waals surface area contributed by atoms with Gasteiger partial charge in [0, 0.05) is 31.2 Å². The molecule has 0 saturated heterocycles. The minimum atomic E-state index is -5.17. The molecule has 25 heavy (non-hydrogen) atoms. The molecule has 25 heteroatoms. The number of hydrogen-bond acceptors (Lipinski definition) is 12. The Morgan fingerprint density at radius 2 is 0.360 bits per heavy atom. The van der Waals surface area contributed by atoms with E-state index in [2.05, 4.69) is 0 Å². The van der Waals surface area contributed by atoms with E-state index in [4.69, 9.17) is 52.6 Å². The average Bonchev–Trinajstić information content (AvgIpc) is 1.41. The molecule has 0 bridgehead atoms. The van der Waals surface area contributed by atoms with Crippen LogP contribution >= 0.6 is 0 Å². The van der Waals surface area contributed by atoms with E-state index in [0.29, 0.717) is 0 Å². The standard InChI is InChI=1S/2K.2Mg.3H2O4S.6H2O/c;;;;3*1-5(2,3)4;;;;;;/h;;;;3*(H2,1,2,3,4);6*1H2/q2*+1;2*+2;;;;;;;;;/p-6. The van der Waals surface area contributed by atoms with Crippen molar-refractivity contribution in [2.75, 3.05) is 0 Å². The van der Waals surface area contributed by atoms with Gasteiger partial charge < -0.3 is 60.2 Å². The van der Waals surface area contributed by atoms with Crippen LogP contribution in [0.2, 0.25) is 0 Å². The van der Waals surface area contributed by atoms with Crippen LogP contribution in [0.25, 0.3) is 0 Å². The van der Waals surface area contributed by atoms with Gasteiger partial charge in [-0.15, -0.1) is 0 Å². The molecule has 0 aromatic heterocycles. The summed E-state index contributed by atoms with van der Waals surface area (Å²) in [7, 11) is -15.5. The first-order chi connectivity index (χ1) is 6.00. The predicted molar refractivity (Wildman–Crippen MR) is 64.6 cm³/mol. The first-order valence-electron chi connectivity index (χ1n) is 2.00. The summed E-state index contributed by atoms with van der Waals surface area (Å²) in [5, 5.41) is 0. The van der Waals surface area contributed by atoms with Crippen molar-refractivity contribution in [2.24, 2.45) is 0 Å². The SMILES string of the molecule is O.O.O.O.O.O.O=S(=O)([O-])[O-].O=S(=O)([O-])[O-].O=S(=O)([O-])[O-].[K+].[K+].[Mg+2].[Mg+2]. The van der Waals surface area contributed by atoms with Crippen molar-refractivity contribution in [2.45, 2.75) is 0 Å². The minimum Gasteiger partial charge on any atom is -0.759 e. The minimum absolute atomic E-state index is 0. The van der Waals surface area contributed by atoms with Crippen LogP contribution in [0.15, 0.2) is 0 Å². The van der Waals surface area contributed by atoms with Gasteiger partial charge in [-0.05, 0) is 0 Å². The zero-order chi connectivity index (χ0) is 13.5. The van der Waals surface area contributed by atoms with E-state index in [-0.39, 0.29) is 182 Å². The van der Waals surface area contributed by atoms with Crippen LogP contribution in [-0.2, 0) is 31.2 Å². The van der Waals surface area contributed by atoms with Crippen molar-refractivity contribution in [1.29, 1.82) is 0 Å². The summed E-state index contributed by atoms with van der Waals surface area (Å²) < 4.78 is 102. The second-order valence-electron chi connectivity index (χ2n) is 1.22. The Hall–Kier alpha value is 4.18. The summed E-state index contributed by atoms with van der Waals surface area (Å²) in [6, 6.07) is 0. The second-order valence-corrected chi connectivity index (χ2v) is 3.67. The Bertz CT molecular complexity index is 353. The molecule has 0 aliphatic heterocycles. The summed E-state index contributed by atoms with van der Waals surface area (Å²) in [5.74, 6) is 0. The topological polar surface area (TPSA) is 430 Å². The molecule has 0 rings (SSSR count). The van der Waals surface area contributed by atoms with Crippen molar-refractivity contribution in [1.82, 2.24) is 0 Å². The maximum absolute atomic E-state index is 8.52. The summed E-state index contributed by atoms with van der Waals surface area (Å²) in [5.41, 5.74) is 0. The van der Waals surface area contributed by atoms with Crippen molar-refractivity contribution in [3.8, 4) is 0 Å². The third kappa shape index (κ3) is 1110. The van der Waals surface area contributed by atoms with Gasteiger partial charge in [0.2, 0.25) is 0 Å². The van der Waals surface area contributed by atoms with E-state index in [1.807, 2.05) is 0 Å². The Morgan fingerprint density at radius 3 is 0.360 bits per heavy atom. The van der Waals surface area contributed by atoms with Crippen LogP contribution in [0, 0.1) is 0 Å². The van der Waals surface area contributed by atoms with E-state index >= 15 is 0 Å². The van der Waals surface area contributed by atoms with Gasteiger partial charge in [-0.25, -0.2) is 0 Å². The molecule has 0 heterocycles. The zero-order valence-corrected chi connectivity index (χ0v) is 24.1. The van der Waals surface area contributed by atoms with E-state index in [0.717, 1.165) is 0 Å². The smallest absolute Gasteiger partial charge is 0.759 e. The third-order valence-electron chi connectivity index (χ3n) is 0. The van der Waals surface area contributed by atoms with Gasteiger partial charge in [-0.3, -0.25) is 25.3 Å². The first kappa shape index (κ1) is 88.5. The number of hydrogen-bond donors (Lipinski definition) is 0. The van der Waals surface area contributed by atoms with Gasteiger partial charge >= 0.3 is 149 Å². The third-order valence-corrected chi connectivity index (χ3v) is 0. The molecule has 0 aromatic carbocycles. The summed E-state index contributed by atoms with van der Waals surface area (Å²) in [6.07, 6.45) is 0. The molecular formula is H12K2Mg2O18S3. The van der Waals surface area contributed by atoms with Gasteiger partial charge in [0.25, 0.3) is 0 Å². The van der Waals surface area contributed by atoms with Gasteiger partial charge in [0.05, 0.1) is 0 Å². The molecule has 0 saturated carbocycles. The molecule has 0 unspecified atom stereocenters. The van der Waals surface area contributed by atoms with Gasteiger partial charge in [0.1, 0.15) is 0 Å². The van der Waals surface area contributed by atoms with Crippen LogP contribution in [0.4, 0.5) is 0 Å². The van der Waals surface area contributed by atoms with E-state index in [1.165, 1.54) is 0 Å². The molecule has 0 spiro atoms.